The third-order valence-electron chi connectivity index (χ3n) is 8.01. The van der Waals surface area contributed by atoms with Crippen LogP contribution in [0.3, 0.4) is 0 Å². The lowest BCUT2D eigenvalue weighted by Crippen LogP contribution is -2.57. The summed E-state index contributed by atoms with van der Waals surface area (Å²) in [7, 11) is 0. The maximum Gasteiger partial charge on any atom is 0.328 e. The van der Waals surface area contributed by atoms with Gasteiger partial charge >= 0.3 is 6.03 Å². The molecular formula is C29H32FN5O. The molecule has 7 heteroatoms. The zero-order valence-electron chi connectivity index (χ0n) is 20.5. The van der Waals surface area contributed by atoms with Gasteiger partial charge in [0.15, 0.2) is 0 Å². The van der Waals surface area contributed by atoms with Gasteiger partial charge < -0.3 is 0 Å². The van der Waals surface area contributed by atoms with Gasteiger partial charge in [0.2, 0.25) is 0 Å². The number of nitrogens with zero attached hydrogens (tertiary/aromatic N) is 4. The van der Waals surface area contributed by atoms with E-state index in [1.165, 1.54) is 37.0 Å². The van der Waals surface area contributed by atoms with Crippen LogP contribution in [0, 0.1) is 5.82 Å². The Kier molecular flexibility index (Phi) is 6.17. The second-order valence-electron chi connectivity index (χ2n) is 10.4. The number of benzene rings is 2. The largest absolute Gasteiger partial charge is 0.328 e. The van der Waals surface area contributed by atoms with Crippen molar-refractivity contribution in [2.24, 2.45) is 4.99 Å². The van der Waals surface area contributed by atoms with E-state index in [9.17, 15) is 9.18 Å². The number of fused-ring (bicyclic) bond motifs is 1. The molecular weight excluding hydrogens is 453 g/mol. The number of halogens is 1. The van der Waals surface area contributed by atoms with Crippen molar-refractivity contribution in [3.63, 3.8) is 0 Å². The number of carbonyl (C=O) groups excluding carboxylic acids is 1. The molecule has 1 saturated carbocycles. The molecule has 3 aromatic rings. The number of nitrogens with one attached hydrogen (secondary N) is 1. The molecule has 0 atom stereocenters. The van der Waals surface area contributed by atoms with Crippen molar-refractivity contribution >= 4 is 28.5 Å². The van der Waals surface area contributed by atoms with Crippen molar-refractivity contribution in [1.82, 2.24) is 15.2 Å². The lowest BCUT2D eigenvalue weighted by molar-refractivity contribution is 0.184. The Morgan fingerprint density at radius 3 is 2.67 bits per heavy atom. The molecule has 6 rings (SSSR count). The van der Waals surface area contributed by atoms with Crippen LogP contribution in [-0.4, -0.2) is 46.4 Å². The van der Waals surface area contributed by atoms with E-state index in [0.29, 0.717) is 5.69 Å². The van der Waals surface area contributed by atoms with E-state index in [-0.39, 0.29) is 17.9 Å². The summed E-state index contributed by atoms with van der Waals surface area (Å²) < 4.78 is 14.2. The first kappa shape index (κ1) is 23.1. The highest BCUT2D eigenvalue weighted by Crippen LogP contribution is 2.39. The van der Waals surface area contributed by atoms with E-state index < -0.39 is 5.54 Å². The van der Waals surface area contributed by atoms with Crippen molar-refractivity contribution < 1.29 is 9.18 Å². The second-order valence-corrected chi connectivity index (χ2v) is 10.4. The summed E-state index contributed by atoms with van der Waals surface area (Å²) >= 11 is 0. The number of amidine groups is 1. The molecule has 0 unspecified atom stereocenters. The summed E-state index contributed by atoms with van der Waals surface area (Å²) in [5, 5.41) is 4.25. The molecule has 186 valence electrons. The Labute approximate surface area is 211 Å². The normalized spacial score (nSPS) is 22.0. The van der Waals surface area contributed by atoms with Crippen LogP contribution in [0.1, 0.15) is 50.5 Å². The monoisotopic (exact) mass is 485 g/mol. The Balaban J connectivity index is 1.27. The van der Waals surface area contributed by atoms with Crippen LogP contribution in [-0.2, 0) is 6.54 Å². The molecule has 2 amide bonds. The number of aliphatic imine (C=N–C) groups is 1. The van der Waals surface area contributed by atoms with Crippen molar-refractivity contribution in [3.8, 4) is 0 Å². The van der Waals surface area contributed by atoms with Crippen molar-refractivity contribution in [3.05, 3.63) is 72.2 Å². The average molecular weight is 486 g/mol. The number of hydrogen-bond acceptors (Lipinski definition) is 4. The molecule has 1 aromatic heterocycles. The molecule has 2 aliphatic heterocycles. The topological polar surface area (TPSA) is 60.8 Å². The fourth-order valence-corrected chi connectivity index (χ4v) is 6.12. The minimum Gasteiger partial charge on any atom is -0.299 e. The fraction of sp³-hybridized carbons (Fsp3) is 0.414. The number of piperidine rings is 1. The first-order chi connectivity index (χ1) is 17.6. The number of amides is 2. The lowest BCUT2D eigenvalue weighted by atomic mass is 9.84. The van der Waals surface area contributed by atoms with Crippen molar-refractivity contribution in [1.29, 1.82) is 0 Å². The fourth-order valence-electron chi connectivity index (χ4n) is 6.12. The summed E-state index contributed by atoms with van der Waals surface area (Å²) in [6.45, 7) is 2.50. The van der Waals surface area contributed by atoms with Crippen LogP contribution in [0.5, 0.6) is 0 Å². The van der Waals surface area contributed by atoms with Gasteiger partial charge in [-0.1, -0.05) is 37.5 Å². The minimum atomic E-state index is -0.563. The van der Waals surface area contributed by atoms with Gasteiger partial charge in [0.25, 0.3) is 0 Å². The van der Waals surface area contributed by atoms with Crippen molar-refractivity contribution in [2.45, 2.75) is 63.1 Å². The molecule has 3 aliphatic rings. The van der Waals surface area contributed by atoms with Gasteiger partial charge in [-0.25, -0.2) is 9.18 Å². The van der Waals surface area contributed by atoms with Crippen LogP contribution < -0.4 is 10.2 Å². The third-order valence-corrected chi connectivity index (χ3v) is 8.01. The second kappa shape index (κ2) is 9.62. The molecule has 1 spiro atoms. The van der Waals surface area contributed by atoms with Crippen LogP contribution >= 0.6 is 0 Å². The molecule has 3 fully saturated rings. The maximum atomic E-state index is 14.2. The van der Waals surface area contributed by atoms with E-state index >= 15 is 0 Å². The first-order valence-electron chi connectivity index (χ1n) is 13.1. The summed E-state index contributed by atoms with van der Waals surface area (Å²) in [5.41, 5.74) is 2.29. The van der Waals surface area contributed by atoms with E-state index in [1.54, 1.807) is 11.0 Å². The highest BCUT2D eigenvalue weighted by Gasteiger charge is 2.53. The summed E-state index contributed by atoms with van der Waals surface area (Å²) in [6.07, 6.45) is 9.09. The third kappa shape index (κ3) is 4.37. The zero-order valence-corrected chi connectivity index (χ0v) is 20.5. The Hall–Kier alpha value is -3.32. The van der Waals surface area contributed by atoms with E-state index in [2.05, 4.69) is 39.5 Å². The number of hydrogen-bond donors (Lipinski definition) is 1. The smallest absolute Gasteiger partial charge is 0.299 e. The molecule has 2 saturated heterocycles. The molecule has 0 radical (unpaired) electrons. The number of urea groups is 1. The lowest BCUT2D eigenvalue weighted by Gasteiger charge is -2.44. The zero-order chi connectivity index (χ0) is 24.5. The Bertz CT molecular complexity index is 1290. The number of carbonyl (C=O) groups is 1. The number of aromatic nitrogens is 1. The van der Waals surface area contributed by atoms with E-state index in [0.717, 1.165) is 62.1 Å². The summed E-state index contributed by atoms with van der Waals surface area (Å²) in [4.78, 5) is 27.1. The van der Waals surface area contributed by atoms with Gasteiger partial charge in [-0.05, 0) is 67.6 Å². The van der Waals surface area contributed by atoms with E-state index in [4.69, 9.17) is 4.99 Å². The molecule has 1 aliphatic carbocycles. The molecule has 0 bridgehead atoms. The molecule has 36 heavy (non-hydrogen) atoms. The van der Waals surface area contributed by atoms with Gasteiger partial charge in [-0.15, -0.1) is 0 Å². The highest BCUT2D eigenvalue weighted by atomic mass is 19.1. The number of likely N-dealkylation sites (tertiary alicyclic amines) is 1. The first-order valence-corrected chi connectivity index (χ1v) is 13.1. The molecule has 3 heterocycles. The summed E-state index contributed by atoms with van der Waals surface area (Å²) in [6, 6.07) is 16.9. The van der Waals surface area contributed by atoms with Gasteiger partial charge in [0.1, 0.15) is 17.2 Å². The molecule has 6 nitrogen and oxygen atoms in total. The van der Waals surface area contributed by atoms with E-state index in [1.807, 2.05) is 18.3 Å². The molecule has 1 N–H and O–H groups in total. The van der Waals surface area contributed by atoms with Gasteiger partial charge in [-0.2, -0.15) is 0 Å². The SMILES string of the molecule is O=C1NC(=NC2CCCCC2)C2(CCN(Cc3ccc4ncccc4c3)CC2)N1c1cccc(F)c1. The number of pyridine rings is 1. The van der Waals surface area contributed by atoms with Gasteiger partial charge in [0.05, 0.1) is 11.6 Å². The number of anilines is 1. The Morgan fingerprint density at radius 1 is 1.03 bits per heavy atom. The van der Waals surface area contributed by atoms with Gasteiger partial charge in [0, 0.05) is 36.9 Å². The molecule has 2 aromatic carbocycles. The van der Waals surface area contributed by atoms with Crippen LogP contribution in [0.2, 0.25) is 0 Å². The predicted octanol–water partition coefficient (Wildman–Crippen LogP) is 5.67. The maximum absolute atomic E-state index is 14.2. The predicted molar refractivity (Wildman–Crippen MR) is 141 cm³/mol. The number of rotatable bonds is 4. The summed E-state index contributed by atoms with van der Waals surface area (Å²) in [5.74, 6) is 0.441. The van der Waals surface area contributed by atoms with Crippen LogP contribution in [0.4, 0.5) is 14.9 Å². The van der Waals surface area contributed by atoms with Crippen LogP contribution in [0.15, 0.2) is 65.8 Å². The van der Waals surface area contributed by atoms with Crippen LogP contribution in [0.25, 0.3) is 10.9 Å². The van der Waals surface area contributed by atoms with Crippen molar-refractivity contribution in [2.75, 3.05) is 18.0 Å². The standard InChI is InChI=1S/C29H32FN5O/c30-23-7-4-10-25(19-23)35-28(36)33-27(32-24-8-2-1-3-9-24)29(35)13-16-34(17-14-29)20-21-11-12-26-22(18-21)6-5-15-31-26/h4-7,10-12,15,18-19,24H,1-3,8-9,13-14,16-17,20H2,(H,32,33,36). The average Bonchev–Trinajstić information content (AvgIpc) is 3.16. The highest BCUT2D eigenvalue weighted by molar-refractivity contribution is 6.19. The minimum absolute atomic E-state index is 0.203. The van der Waals surface area contributed by atoms with Gasteiger partial charge in [-0.3, -0.25) is 25.1 Å². The Morgan fingerprint density at radius 2 is 1.86 bits per heavy atom. The quantitative estimate of drug-likeness (QED) is 0.518.